The molecule has 0 saturated carbocycles. The van der Waals surface area contributed by atoms with Crippen LogP contribution in [0.3, 0.4) is 0 Å². The van der Waals surface area contributed by atoms with Crippen LogP contribution in [0.4, 0.5) is 5.69 Å². The molecule has 0 spiro atoms. The lowest BCUT2D eigenvalue weighted by atomic mass is 10.1. The minimum atomic E-state index is -0.578. The summed E-state index contributed by atoms with van der Waals surface area (Å²) in [6.45, 7) is 1.83. The van der Waals surface area contributed by atoms with Crippen molar-refractivity contribution in [2.45, 2.75) is 6.92 Å². The lowest BCUT2D eigenvalue weighted by Gasteiger charge is -2.10. The molecule has 1 aromatic carbocycles. The van der Waals surface area contributed by atoms with Crippen molar-refractivity contribution in [3.8, 4) is 11.5 Å². The first-order valence-corrected chi connectivity index (χ1v) is 5.88. The van der Waals surface area contributed by atoms with Gasteiger partial charge >= 0.3 is 0 Å². The second-order valence-corrected chi connectivity index (χ2v) is 4.16. The monoisotopic (exact) mass is 288 g/mol. The van der Waals surface area contributed by atoms with Gasteiger partial charge in [-0.05, 0) is 25.1 Å². The number of nitrogens with two attached hydrogens (primary N) is 1. The number of nitro benzene ring substituents is 1. The average Bonchev–Trinajstić information content (AvgIpc) is 2.49. The number of amidine groups is 1. The first-order valence-electron chi connectivity index (χ1n) is 5.88. The van der Waals surface area contributed by atoms with Gasteiger partial charge in [0.25, 0.3) is 5.69 Å². The molecule has 1 aromatic heterocycles. The molecule has 0 atom stereocenters. The first-order chi connectivity index (χ1) is 10.0. The molecule has 0 fully saturated rings. The van der Waals surface area contributed by atoms with E-state index in [2.05, 4.69) is 10.1 Å². The van der Waals surface area contributed by atoms with Crippen molar-refractivity contribution >= 4 is 11.5 Å². The molecule has 0 bridgehead atoms. The van der Waals surface area contributed by atoms with E-state index in [-0.39, 0.29) is 22.8 Å². The second-order valence-electron chi connectivity index (χ2n) is 4.16. The zero-order valence-electron chi connectivity index (χ0n) is 11.1. The van der Waals surface area contributed by atoms with Gasteiger partial charge in [-0.1, -0.05) is 5.16 Å². The fourth-order valence-electron chi connectivity index (χ4n) is 1.62. The summed E-state index contributed by atoms with van der Waals surface area (Å²) >= 11 is 0. The normalized spacial score (nSPS) is 11.2. The summed E-state index contributed by atoms with van der Waals surface area (Å²) < 4.78 is 5.57. The number of hydrogen-bond donors (Lipinski definition) is 2. The van der Waals surface area contributed by atoms with Crippen molar-refractivity contribution < 1.29 is 14.9 Å². The van der Waals surface area contributed by atoms with Crippen LogP contribution >= 0.6 is 0 Å². The first kappa shape index (κ1) is 14.3. The molecule has 21 heavy (non-hydrogen) atoms. The summed E-state index contributed by atoms with van der Waals surface area (Å²) in [6, 6.07) is 7.27. The van der Waals surface area contributed by atoms with Crippen LogP contribution in [0.15, 0.2) is 41.7 Å². The highest BCUT2D eigenvalue weighted by molar-refractivity contribution is 6.00. The Morgan fingerprint density at radius 1 is 1.43 bits per heavy atom. The van der Waals surface area contributed by atoms with E-state index in [9.17, 15) is 10.1 Å². The Labute approximate surface area is 119 Å². The van der Waals surface area contributed by atoms with Crippen LogP contribution in [0.5, 0.6) is 11.5 Å². The molecule has 0 saturated heterocycles. The molecule has 2 aromatic rings. The number of aromatic nitrogens is 1. The van der Waals surface area contributed by atoms with Crippen molar-refractivity contribution in [1.82, 2.24) is 4.98 Å². The Bertz CT molecular complexity index is 698. The van der Waals surface area contributed by atoms with Crippen LogP contribution in [0.2, 0.25) is 0 Å². The quantitative estimate of drug-likeness (QED) is 0.292. The number of pyridine rings is 1. The predicted octanol–water partition coefficient (Wildman–Crippen LogP) is 2.19. The molecule has 2 rings (SSSR count). The summed E-state index contributed by atoms with van der Waals surface area (Å²) in [5.74, 6) is 0.372. The summed E-state index contributed by atoms with van der Waals surface area (Å²) in [6.07, 6.45) is 1.51. The molecule has 3 N–H and O–H groups in total. The minimum absolute atomic E-state index is 0.118. The van der Waals surface area contributed by atoms with Gasteiger partial charge in [-0.15, -0.1) is 0 Å². The zero-order valence-corrected chi connectivity index (χ0v) is 11.1. The van der Waals surface area contributed by atoms with Gasteiger partial charge < -0.3 is 15.7 Å². The number of oxime groups is 1. The van der Waals surface area contributed by atoms with Gasteiger partial charge in [0.1, 0.15) is 11.5 Å². The Hall–Kier alpha value is -3.16. The van der Waals surface area contributed by atoms with E-state index in [1.54, 1.807) is 12.1 Å². The third kappa shape index (κ3) is 3.24. The molecule has 8 nitrogen and oxygen atoms in total. The minimum Gasteiger partial charge on any atom is -0.455 e. The van der Waals surface area contributed by atoms with E-state index < -0.39 is 4.92 Å². The van der Waals surface area contributed by atoms with Crippen LogP contribution in [0.25, 0.3) is 0 Å². The smallest absolute Gasteiger partial charge is 0.270 e. The van der Waals surface area contributed by atoms with E-state index in [1.807, 2.05) is 6.92 Å². The number of rotatable bonds is 4. The summed E-state index contributed by atoms with van der Waals surface area (Å²) in [5, 5.41) is 22.4. The Balaban J connectivity index is 2.42. The van der Waals surface area contributed by atoms with Gasteiger partial charge in [0.2, 0.25) is 0 Å². The number of aryl methyl sites for hydroxylation is 1. The molecular formula is C13H12N4O4. The lowest BCUT2D eigenvalue weighted by Crippen LogP contribution is -2.14. The molecule has 0 aliphatic rings. The van der Waals surface area contributed by atoms with Crippen LogP contribution < -0.4 is 10.5 Å². The third-order valence-corrected chi connectivity index (χ3v) is 2.67. The highest BCUT2D eigenvalue weighted by Gasteiger charge is 2.15. The lowest BCUT2D eigenvalue weighted by molar-refractivity contribution is -0.384. The number of hydrogen-bond acceptors (Lipinski definition) is 6. The highest BCUT2D eigenvalue weighted by atomic mass is 16.6. The van der Waals surface area contributed by atoms with Crippen LogP contribution in [0.1, 0.15) is 11.3 Å². The number of nitro groups is 1. The predicted molar refractivity (Wildman–Crippen MR) is 74.7 cm³/mol. The van der Waals surface area contributed by atoms with Gasteiger partial charge in [0.15, 0.2) is 5.84 Å². The topological polar surface area (TPSA) is 124 Å². The van der Waals surface area contributed by atoms with Crippen molar-refractivity contribution in [2.75, 3.05) is 0 Å². The molecule has 0 aliphatic heterocycles. The number of benzene rings is 1. The Morgan fingerprint density at radius 3 is 2.76 bits per heavy atom. The van der Waals surface area contributed by atoms with E-state index >= 15 is 0 Å². The standard InChI is InChI=1S/C13H12N4O4/c1-8-2-4-10(7-15-8)21-12-5-3-9(17(19)20)6-11(12)13(14)16-18/h2-7,18H,1H3,(H2,14,16). The summed E-state index contributed by atoms with van der Waals surface area (Å²) in [7, 11) is 0. The highest BCUT2D eigenvalue weighted by Crippen LogP contribution is 2.28. The zero-order chi connectivity index (χ0) is 15.4. The maximum Gasteiger partial charge on any atom is 0.270 e. The number of non-ortho nitro benzene ring substituents is 1. The van der Waals surface area contributed by atoms with E-state index in [1.165, 1.54) is 24.4 Å². The van der Waals surface area contributed by atoms with Crippen LogP contribution in [0, 0.1) is 17.0 Å². The van der Waals surface area contributed by atoms with Gasteiger partial charge in [-0.3, -0.25) is 15.1 Å². The van der Waals surface area contributed by atoms with E-state index in [4.69, 9.17) is 15.7 Å². The van der Waals surface area contributed by atoms with Crippen molar-refractivity contribution in [3.63, 3.8) is 0 Å². The second kappa shape index (κ2) is 5.87. The van der Waals surface area contributed by atoms with Crippen molar-refractivity contribution in [2.24, 2.45) is 10.9 Å². The molecule has 8 heteroatoms. The molecule has 0 aliphatic carbocycles. The van der Waals surface area contributed by atoms with Crippen LogP contribution in [-0.2, 0) is 0 Å². The van der Waals surface area contributed by atoms with Gasteiger partial charge in [-0.2, -0.15) is 0 Å². The van der Waals surface area contributed by atoms with Crippen LogP contribution in [-0.4, -0.2) is 21.0 Å². The number of nitrogens with zero attached hydrogens (tertiary/aromatic N) is 3. The maximum atomic E-state index is 10.8. The molecular weight excluding hydrogens is 276 g/mol. The van der Waals surface area contributed by atoms with E-state index in [0.717, 1.165) is 5.69 Å². The molecule has 0 amide bonds. The van der Waals surface area contributed by atoms with Gasteiger partial charge in [-0.25, -0.2) is 0 Å². The maximum absolute atomic E-state index is 10.8. The molecule has 0 unspecified atom stereocenters. The fraction of sp³-hybridized carbons (Fsp3) is 0.0769. The largest absolute Gasteiger partial charge is 0.455 e. The Kier molecular flexibility index (Phi) is 3.98. The molecule has 0 radical (unpaired) electrons. The van der Waals surface area contributed by atoms with E-state index in [0.29, 0.717) is 5.75 Å². The fourth-order valence-corrected chi connectivity index (χ4v) is 1.62. The third-order valence-electron chi connectivity index (χ3n) is 2.67. The van der Waals surface area contributed by atoms with Crippen molar-refractivity contribution in [1.29, 1.82) is 0 Å². The molecule has 1 heterocycles. The summed E-state index contributed by atoms with van der Waals surface area (Å²) in [5.41, 5.74) is 6.27. The summed E-state index contributed by atoms with van der Waals surface area (Å²) in [4.78, 5) is 14.3. The number of ether oxygens (including phenoxy) is 1. The Morgan fingerprint density at radius 2 is 2.19 bits per heavy atom. The molecule has 108 valence electrons. The van der Waals surface area contributed by atoms with Crippen molar-refractivity contribution in [3.05, 3.63) is 57.9 Å². The van der Waals surface area contributed by atoms with Gasteiger partial charge in [0.05, 0.1) is 16.7 Å². The SMILES string of the molecule is Cc1ccc(Oc2ccc([N+](=O)[O-])cc2C(N)=NO)cn1. The average molecular weight is 288 g/mol. The van der Waals surface area contributed by atoms with Gasteiger partial charge in [0, 0.05) is 17.8 Å².